The summed E-state index contributed by atoms with van der Waals surface area (Å²) in [6, 6.07) is 18.4. The van der Waals surface area contributed by atoms with Gasteiger partial charge >= 0.3 is 0 Å². The van der Waals surface area contributed by atoms with Crippen LogP contribution in [0.1, 0.15) is 49.4 Å². The van der Waals surface area contributed by atoms with Gasteiger partial charge in [-0.15, -0.1) is 0 Å². The molecule has 0 fully saturated rings. The van der Waals surface area contributed by atoms with Gasteiger partial charge in [-0.3, -0.25) is 13.9 Å². The van der Waals surface area contributed by atoms with E-state index in [2.05, 4.69) is 5.32 Å². The molecular weight excluding hydrogens is 538 g/mol. The number of hydrogen-bond acceptors (Lipinski definition) is 5. The summed E-state index contributed by atoms with van der Waals surface area (Å²) in [6.45, 7) is 10.7. The SMILES string of the molecule is CC[C@@H](C)NC(=O)[C@@H](C)N(Cc1cccc(OC)c1)C(=O)CN(c1cc(C)ccc1C)S(=O)(=O)c1ccc(C)cc1. The number of sulfonamides is 1. The van der Waals surface area contributed by atoms with Gasteiger partial charge in [0.1, 0.15) is 18.3 Å². The van der Waals surface area contributed by atoms with Crippen LogP contribution in [0.25, 0.3) is 0 Å². The molecule has 9 heteroatoms. The van der Waals surface area contributed by atoms with Crippen molar-refractivity contribution in [1.29, 1.82) is 0 Å². The standard InChI is InChI=1S/C32H41N3O5S/c1-8-25(5)33-32(37)26(6)34(20-27-10-9-11-28(19-27)40-7)31(36)21-35(30-18-23(3)12-15-24(30)4)41(38,39)29-16-13-22(2)14-17-29/h9-19,25-26H,8,20-21H2,1-7H3,(H,33,37)/t25-,26-/m1/s1. The number of anilines is 1. The molecule has 1 N–H and O–H groups in total. The molecule has 0 aliphatic rings. The largest absolute Gasteiger partial charge is 0.497 e. The summed E-state index contributed by atoms with van der Waals surface area (Å²) in [5.41, 5.74) is 3.65. The number of carbonyl (C=O) groups is 2. The first-order valence-electron chi connectivity index (χ1n) is 13.8. The zero-order chi connectivity index (χ0) is 30.3. The highest BCUT2D eigenvalue weighted by Gasteiger charge is 2.33. The van der Waals surface area contributed by atoms with E-state index in [-0.39, 0.29) is 23.4 Å². The zero-order valence-electron chi connectivity index (χ0n) is 25.0. The van der Waals surface area contributed by atoms with Crippen LogP contribution in [-0.4, -0.2) is 50.9 Å². The van der Waals surface area contributed by atoms with Crippen molar-refractivity contribution in [2.75, 3.05) is 18.0 Å². The van der Waals surface area contributed by atoms with Crippen LogP contribution < -0.4 is 14.4 Å². The Hall–Kier alpha value is -3.85. The van der Waals surface area contributed by atoms with Crippen LogP contribution in [0.3, 0.4) is 0 Å². The van der Waals surface area contributed by atoms with Crippen LogP contribution in [0.4, 0.5) is 5.69 Å². The number of carbonyl (C=O) groups excluding carboxylic acids is 2. The molecule has 3 aromatic rings. The third-order valence-corrected chi connectivity index (χ3v) is 8.95. The molecule has 2 amide bonds. The molecule has 220 valence electrons. The number of nitrogens with zero attached hydrogens (tertiary/aromatic N) is 2. The lowest BCUT2D eigenvalue weighted by atomic mass is 10.1. The van der Waals surface area contributed by atoms with Crippen LogP contribution in [0, 0.1) is 20.8 Å². The minimum absolute atomic E-state index is 0.0768. The van der Waals surface area contributed by atoms with Gasteiger partial charge in [0.25, 0.3) is 10.0 Å². The zero-order valence-corrected chi connectivity index (χ0v) is 25.8. The molecule has 0 spiro atoms. The first-order chi connectivity index (χ1) is 19.4. The van der Waals surface area contributed by atoms with Crippen molar-refractivity contribution in [3.05, 3.63) is 89.0 Å². The van der Waals surface area contributed by atoms with Crippen molar-refractivity contribution < 1.29 is 22.7 Å². The average Bonchev–Trinajstić information content (AvgIpc) is 2.95. The van der Waals surface area contributed by atoms with Gasteiger partial charge in [0.05, 0.1) is 17.7 Å². The second kappa shape index (κ2) is 13.7. The summed E-state index contributed by atoms with van der Waals surface area (Å²) in [4.78, 5) is 28.8. The smallest absolute Gasteiger partial charge is 0.264 e. The Morgan fingerprint density at radius 2 is 1.59 bits per heavy atom. The molecule has 0 unspecified atom stereocenters. The van der Waals surface area contributed by atoms with Gasteiger partial charge in [0, 0.05) is 12.6 Å². The van der Waals surface area contributed by atoms with E-state index in [1.807, 2.05) is 58.9 Å². The maximum Gasteiger partial charge on any atom is 0.264 e. The third-order valence-electron chi connectivity index (χ3n) is 7.18. The lowest BCUT2D eigenvalue weighted by molar-refractivity contribution is -0.139. The lowest BCUT2D eigenvalue weighted by Crippen LogP contribution is -2.52. The van der Waals surface area contributed by atoms with Crippen molar-refractivity contribution in [2.45, 2.75) is 71.5 Å². The third kappa shape index (κ3) is 7.88. The van der Waals surface area contributed by atoms with Crippen molar-refractivity contribution in [1.82, 2.24) is 10.2 Å². The van der Waals surface area contributed by atoms with Gasteiger partial charge in [-0.2, -0.15) is 0 Å². The molecule has 3 aromatic carbocycles. The van der Waals surface area contributed by atoms with Crippen LogP contribution in [0.2, 0.25) is 0 Å². The summed E-state index contributed by atoms with van der Waals surface area (Å²) in [5.74, 6) is -0.197. The van der Waals surface area contributed by atoms with Crippen LogP contribution in [0.5, 0.6) is 5.75 Å². The fraction of sp³-hybridized carbons (Fsp3) is 0.375. The summed E-state index contributed by atoms with van der Waals surface area (Å²) in [5, 5.41) is 2.95. The molecule has 41 heavy (non-hydrogen) atoms. The van der Waals surface area contributed by atoms with Gasteiger partial charge < -0.3 is 15.0 Å². The minimum Gasteiger partial charge on any atom is -0.497 e. The monoisotopic (exact) mass is 579 g/mol. The molecule has 0 aliphatic carbocycles. The fourth-order valence-electron chi connectivity index (χ4n) is 4.35. The van der Waals surface area contributed by atoms with Gasteiger partial charge in [0.2, 0.25) is 11.8 Å². The Balaban J connectivity index is 2.08. The van der Waals surface area contributed by atoms with E-state index in [1.54, 1.807) is 56.5 Å². The Labute approximate surface area is 244 Å². The van der Waals surface area contributed by atoms with Crippen molar-refractivity contribution in [3.63, 3.8) is 0 Å². The molecule has 3 rings (SSSR count). The molecule has 0 saturated carbocycles. The average molecular weight is 580 g/mol. The highest BCUT2D eigenvalue weighted by atomic mass is 32.2. The summed E-state index contributed by atoms with van der Waals surface area (Å²) in [6.07, 6.45) is 0.734. The highest BCUT2D eigenvalue weighted by molar-refractivity contribution is 7.92. The van der Waals surface area contributed by atoms with Crippen LogP contribution in [-0.2, 0) is 26.2 Å². The van der Waals surface area contributed by atoms with E-state index in [9.17, 15) is 18.0 Å². The Morgan fingerprint density at radius 1 is 0.927 bits per heavy atom. The minimum atomic E-state index is -4.13. The number of methoxy groups -OCH3 is 1. The normalized spacial score (nSPS) is 12.8. The van der Waals surface area contributed by atoms with Gasteiger partial charge in [-0.1, -0.05) is 48.9 Å². The second-order valence-electron chi connectivity index (χ2n) is 10.5. The molecule has 0 heterocycles. The summed E-state index contributed by atoms with van der Waals surface area (Å²) >= 11 is 0. The van der Waals surface area contributed by atoms with E-state index in [0.29, 0.717) is 17.0 Å². The summed E-state index contributed by atoms with van der Waals surface area (Å²) in [7, 11) is -2.57. The number of ether oxygens (including phenoxy) is 1. The topological polar surface area (TPSA) is 96.0 Å². The van der Waals surface area contributed by atoms with Gasteiger partial charge in [-0.05, 0) is 88.1 Å². The van der Waals surface area contributed by atoms with E-state index < -0.39 is 28.5 Å². The number of nitrogens with one attached hydrogen (secondary N) is 1. The number of amides is 2. The quantitative estimate of drug-likeness (QED) is 0.320. The van der Waals surface area contributed by atoms with E-state index in [1.165, 1.54) is 4.90 Å². The predicted octanol–water partition coefficient (Wildman–Crippen LogP) is 5.15. The molecular formula is C32H41N3O5S. The lowest BCUT2D eigenvalue weighted by Gasteiger charge is -2.33. The van der Waals surface area contributed by atoms with E-state index in [0.717, 1.165) is 27.4 Å². The first kappa shape index (κ1) is 31.7. The van der Waals surface area contributed by atoms with Crippen LogP contribution >= 0.6 is 0 Å². The molecule has 0 radical (unpaired) electrons. The number of benzene rings is 3. The van der Waals surface area contributed by atoms with Gasteiger partial charge in [0.15, 0.2) is 0 Å². The molecule has 0 saturated heterocycles. The number of aryl methyl sites for hydroxylation is 3. The maximum absolute atomic E-state index is 14.1. The Morgan fingerprint density at radius 3 is 2.22 bits per heavy atom. The predicted molar refractivity (Wildman–Crippen MR) is 163 cm³/mol. The molecule has 2 atom stereocenters. The number of rotatable bonds is 12. The molecule has 0 bridgehead atoms. The number of hydrogen-bond donors (Lipinski definition) is 1. The molecule has 0 aliphatic heterocycles. The highest BCUT2D eigenvalue weighted by Crippen LogP contribution is 2.29. The van der Waals surface area contributed by atoms with E-state index >= 15 is 0 Å². The van der Waals surface area contributed by atoms with Crippen molar-refractivity contribution in [2.24, 2.45) is 0 Å². The van der Waals surface area contributed by atoms with Crippen LogP contribution in [0.15, 0.2) is 71.6 Å². The Kier molecular flexibility index (Phi) is 10.6. The van der Waals surface area contributed by atoms with Crippen molar-refractivity contribution in [3.8, 4) is 5.75 Å². The molecule has 8 nitrogen and oxygen atoms in total. The Bertz CT molecular complexity index is 1470. The molecule has 0 aromatic heterocycles. The fourth-order valence-corrected chi connectivity index (χ4v) is 5.83. The second-order valence-corrected chi connectivity index (χ2v) is 12.3. The maximum atomic E-state index is 14.1. The van der Waals surface area contributed by atoms with E-state index in [4.69, 9.17) is 4.74 Å². The summed E-state index contributed by atoms with van der Waals surface area (Å²) < 4.78 is 34.6. The first-order valence-corrected chi connectivity index (χ1v) is 15.2. The van der Waals surface area contributed by atoms with Crippen molar-refractivity contribution >= 4 is 27.5 Å². The van der Waals surface area contributed by atoms with Gasteiger partial charge in [-0.25, -0.2) is 8.42 Å².